The van der Waals surface area contributed by atoms with Crippen molar-refractivity contribution in [3.63, 3.8) is 0 Å². The predicted molar refractivity (Wildman–Crippen MR) is 93.7 cm³/mol. The maximum absolute atomic E-state index is 3.33. The molecule has 0 aromatic heterocycles. The molecule has 22 heavy (non-hydrogen) atoms. The second kappa shape index (κ2) is 7.82. The number of hydrogen-bond donors (Lipinski definition) is 0. The third-order valence-electron chi connectivity index (χ3n) is 4.23. The van der Waals surface area contributed by atoms with Crippen LogP contribution >= 0.6 is 0 Å². The Hall–Kier alpha value is -2.04. The molecular weight excluding hydrogens is 266 g/mol. The molecule has 1 heterocycles. The van der Waals surface area contributed by atoms with E-state index in [4.69, 9.17) is 0 Å². The van der Waals surface area contributed by atoms with Crippen molar-refractivity contribution >= 4 is 0 Å². The lowest BCUT2D eigenvalue weighted by molar-refractivity contribution is 0.320. The van der Waals surface area contributed by atoms with E-state index in [1.807, 2.05) is 6.07 Å². The van der Waals surface area contributed by atoms with Crippen molar-refractivity contribution in [3.05, 3.63) is 60.2 Å². The Kier molecular flexibility index (Phi) is 5.29. The van der Waals surface area contributed by atoms with E-state index in [1.165, 1.54) is 49.9 Å². The highest BCUT2D eigenvalue weighted by molar-refractivity contribution is 5.64. The molecule has 3 rings (SSSR count). The van der Waals surface area contributed by atoms with E-state index in [-0.39, 0.29) is 0 Å². The largest absolute Gasteiger partial charge is 0.292 e. The SMILES string of the molecule is C(#Cc1ccc(-c2ccccc2)cc1)CN1CCCCCC1. The summed E-state index contributed by atoms with van der Waals surface area (Å²) in [7, 11) is 0. The first-order chi connectivity index (χ1) is 10.9. The monoisotopic (exact) mass is 289 g/mol. The third-order valence-corrected chi connectivity index (χ3v) is 4.23. The molecule has 0 saturated carbocycles. The van der Waals surface area contributed by atoms with Crippen LogP contribution in [0.2, 0.25) is 0 Å². The Morgan fingerprint density at radius 1 is 0.727 bits per heavy atom. The Labute approximate surface area is 134 Å². The van der Waals surface area contributed by atoms with Crippen LogP contribution in [-0.4, -0.2) is 24.5 Å². The molecule has 0 unspecified atom stereocenters. The van der Waals surface area contributed by atoms with E-state index in [2.05, 4.69) is 65.3 Å². The van der Waals surface area contributed by atoms with Crippen LogP contribution < -0.4 is 0 Å². The average Bonchev–Trinajstić information content (AvgIpc) is 2.85. The van der Waals surface area contributed by atoms with E-state index in [0.29, 0.717) is 0 Å². The van der Waals surface area contributed by atoms with Crippen LogP contribution in [0.3, 0.4) is 0 Å². The maximum Gasteiger partial charge on any atom is 0.0605 e. The fourth-order valence-electron chi connectivity index (χ4n) is 2.92. The molecule has 0 bridgehead atoms. The zero-order chi connectivity index (χ0) is 15.0. The van der Waals surface area contributed by atoms with Crippen LogP contribution in [0, 0.1) is 11.8 Å². The molecule has 1 nitrogen and oxygen atoms in total. The summed E-state index contributed by atoms with van der Waals surface area (Å²) >= 11 is 0. The Balaban J connectivity index is 1.60. The summed E-state index contributed by atoms with van der Waals surface area (Å²) in [5.74, 6) is 6.63. The molecule has 1 aliphatic heterocycles. The van der Waals surface area contributed by atoms with E-state index in [1.54, 1.807) is 0 Å². The minimum atomic E-state index is 0.903. The molecule has 2 aromatic carbocycles. The van der Waals surface area contributed by atoms with Gasteiger partial charge in [0.25, 0.3) is 0 Å². The van der Waals surface area contributed by atoms with Gasteiger partial charge in [-0.15, -0.1) is 0 Å². The van der Waals surface area contributed by atoms with Gasteiger partial charge in [0.1, 0.15) is 0 Å². The molecule has 1 saturated heterocycles. The summed E-state index contributed by atoms with van der Waals surface area (Å²) < 4.78 is 0. The molecule has 0 atom stereocenters. The van der Waals surface area contributed by atoms with Crippen LogP contribution in [0.25, 0.3) is 11.1 Å². The maximum atomic E-state index is 3.33. The Morgan fingerprint density at radius 3 is 2.05 bits per heavy atom. The first kappa shape index (κ1) is 14.9. The van der Waals surface area contributed by atoms with Crippen LogP contribution in [0.5, 0.6) is 0 Å². The molecular formula is C21H23N. The van der Waals surface area contributed by atoms with Crippen molar-refractivity contribution in [2.75, 3.05) is 19.6 Å². The first-order valence-corrected chi connectivity index (χ1v) is 8.28. The summed E-state index contributed by atoms with van der Waals surface area (Å²) in [5, 5.41) is 0. The average molecular weight is 289 g/mol. The van der Waals surface area contributed by atoms with Gasteiger partial charge in [-0.05, 0) is 49.2 Å². The van der Waals surface area contributed by atoms with Gasteiger partial charge in [0.05, 0.1) is 6.54 Å². The topological polar surface area (TPSA) is 3.24 Å². The normalized spacial score (nSPS) is 15.6. The highest BCUT2D eigenvalue weighted by Gasteiger charge is 2.06. The molecule has 0 spiro atoms. The molecule has 0 amide bonds. The van der Waals surface area contributed by atoms with Gasteiger partial charge in [0, 0.05) is 5.56 Å². The number of nitrogens with zero attached hydrogens (tertiary/aromatic N) is 1. The van der Waals surface area contributed by atoms with Gasteiger partial charge in [0.15, 0.2) is 0 Å². The lowest BCUT2D eigenvalue weighted by Crippen LogP contribution is -2.24. The molecule has 2 aromatic rings. The smallest absolute Gasteiger partial charge is 0.0605 e. The quantitative estimate of drug-likeness (QED) is 0.731. The second-order valence-corrected chi connectivity index (χ2v) is 5.94. The number of likely N-dealkylation sites (tertiary alicyclic amines) is 1. The number of rotatable bonds is 2. The molecule has 1 heteroatoms. The fraction of sp³-hybridized carbons (Fsp3) is 0.333. The van der Waals surface area contributed by atoms with Crippen molar-refractivity contribution in [3.8, 4) is 23.0 Å². The van der Waals surface area contributed by atoms with Crippen molar-refractivity contribution in [1.82, 2.24) is 4.90 Å². The summed E-state index contributed by atoms with van der Waals surface area (Å²) in [6.45, 7) is 3.32. The molecule has 0 N–H and O–H groups in total. The van der Waals surface area contributed by atoms with E-state index in [9.17, 15) is 0 Å². The minimum absolute atomic E-state index is 0.903. The van der Waals surface area contributed by atoms with Gasteiger partial charge in [0.2, 0.25) is 0 Å². The number of hydrogen-bond acceptors (Lipinski definition) is 1. The first-order valence-electron chi connectivity index (χ1n) is 8.28. The zero-order valence-corrected chi connectivity index (χ0v) is 13.1. The third kappa shape index (κ3) is 4.23. The van der Waals surface area contributed by atoms with Gasteiger partial charge < -0.3 is 0 Å². The highest BCUT2D eigenvalue weighted by Crippen LogP contribution is 2.18. The Bertz CT molecular complexity index is 623. The van der Waals surface area contributed by atoms with Gasteiger partial charge in [-0.25, -0.2) is 0 Å². The lowest BCUT2D eigenvalue weighted by atomic mass is 10.0. The molecule has 1 aliphatic rings. The van der Waals surface area contributed by atoms with Crippen LogP contribution in [-0.2, 0) is 0 Å². The molecule has 112 valence electrons. The number of benzene rings is 2. The van der Waals surface area contributed by atoms with Crippen LogP contribution in [0.15, 0.2) is 54.6 Å². The molecule has 0 radical (unpaired) electrons. The van der Waals surface area contributed by atoms with Crippen molar-refractivity contribution in [2.45, 2.75) is 25.7 Å². The predicted octanol–water partition coefficient (Wildman–Crippen LogP) is 4.58. The fourth-order valence-corrected chi connectivity index (χ4v) is 2.92. The van der Waals surface area contributed by atoms with Crippen molar-refractivity contribution < 1.29 is 0 Å². The Morgan fingerprint density at radius 2 is 1.36 bits per heavy atom. The summed E-state index contributed by atoms with van der Waals surface area (Å²) in [6.07, 6.45) is 5.41. The van der Waals surface area contributed by atoms with Gasteiger partial charge in [-0.2, -0.15) is 0 Å². The van der Waals surface area contributed by atoms with Crippen molar-refractivity contribution in [2.24, 2.45) is 0 Å². The zero-order valence-electron chi connectivity index (χ0n) is 13.1. The standard InChI is InChI=1S/C21H23N/c1-2-7-17-22(16-6-1)18-8-9-19-12-14-21(15-13-19)20-10-4-3-5-11-20/h3-5,10-15H,1-2,6-7,16-18H2. The van der Waals surface area contributed by atoms with Gasteiger partial charge >= 0.3 is 0 Å². The van der Waals surface area contributed by atoms with Gasteiger partial charge in [-0.1, -0.05) is 67.1 Å². The van der Waals surface area contributed by atoms with Crippen LogP contribution in [0.4, 0.5) is 0 Å². The summed E-state index contributed by atoms with van der Waals surface area (Å²) in [4.78, 5) is 2.48. The lowest BCUT2D eigenvalue weighted by Gasteiger charge is -2.15. The van der Waals surface area contributed by atoms with E-state index < -0.39 is 0 Å². The van der Waals surface area contributed by atoms with E-state index >= 15 is 0 Å². The summed E-state index contributed by atoms with van der Waals surface area (Å²) in [6, 6.07) is 19.0. The van der Waals surface area contributed by atoms with Gasteiger partial charge in [-0.3, -0.25) is 4.90 Å². The minimum Gasteiger partial charge on any atom is -0.292 e. The van der Waals surface area contributed by atoms with Crippen LogP contribution in [0.1, 0.15) is 31.2 Å². The molecule has 1 fully saturated rings. The summed E-state index contributed by atoms with van der Waals surface area (Å²) in [5.41, 5.74) is 3.61. The molecule has 0 aliphatic carbocycles. The van der Waals surface area contributed by atoms with Crippen molar-refractivity contribution in [1.29, 1.82) is 0 Å². The highest BCUT2D eigenvalue weighted by atomic mass is 15.1. The second-order valence-electron chi connectivity index (χ2n) is 5.94. The van der Waals surface area contributed by atoms with E-state index in [0.717, 1.165) is 12.1 Å².